The van der Waals surface area contributed by atoms with E-state index in [1.54, 1.807) is 24.3 Å². The minimum absolute atomic E-state index is 0.135. The quantitative estimate of drug-likeness (QED) is 0.781. The van der Waals surface area contributed by atoms with Crippen LogP contribution in [-0.2, 0) is 10.0 Å². The van der Waals surface area contributed by atoms with Crippen molar-refractivity contribution in [2.45, 2.75) is 43.0 Å². The van der Waals surface area contributed by atoms with E-state index in [9.17, 15) is 13.2 Å². The molecule has 0 aromatic heterocycles. The van der Waals surface area contributed by atoms with Gasteiger partial charge in [-0.05, 0) is 80.6 Å². The molecule has 7 heteroatoms. The summed E-state index contributed by atoms with van der Waals surface area (Å²) in [7, 11) is -3.70. The van der Waals surface area contributed by atoms with Crippen molar-refractivity contribution in [2.75, 3.05) is 22.7 Å². The zero-order valence-electron chi connectivity index (χ0n) is 15.7. The first kappa shape index (κ1) is 18.8. The number of rotatable bonds is 6. The minimum Gasteiger partial charge on any atom is -0.372 e. The molecular formula is C21H25N3O3S. The maximum atomic E-state index is 12.6. The van der Waals surface area contributed by atoms with Gasteiger partial charge >= 0.3 is 0 Å². The lowest BCUT2D eigenvalue weighted by Gasteiger charge is -2.28. The molecule has 2 aliphatic rings. The van der Waals surface area contributed by atoms with Crippen LogP contribution < -0.4 is 14.9 Å². The molecule has 28 heavy (non-hydrogen) atoms. The molecule has 1 aliphatic carbocycles. The number of amides is 1. The Morgan fingerprint density at radius 3 is 2.14 bits per heavy atom. The molecule has 0 spiro atoms. The van der Waals surface area contributed by atoms with Crippen LogP contribution in [0.4, 0.5) is 11.4 Å². The maximum absolute atomic E-state index is 12.6. The highest BCUT2D eigenvalue weighted by molar-refractivity contribution is 7.92. The molecule has 0 bridgehead atoms. The second-order valence-corrected chi connectivity index (χ2v) is 9.15. The predicted molar refractivity (Wildman–Crippen MR) is 110 cm³/mol. The first-order valence-corrected chi connectivity index (χ1v) is 11.3. The van der Waals surface area contributed by atoms with E-state index in [0.29, 0.717) is 11.3 Å². The lowest BCUT2D eigenvalue weighted by atomic mass is 10.1. The average Bonchev–Trinajstić information content (AvgIpc) is 3.53. The molecule has 2 N–H and O–H groups in total. The summed E-state index contributed by atoms with van der Waals surface area (Å²) in [5.74, 6) is -0.160. The van der Waals surface area contributed by atoms with Crippen LogP contribution in [0.1, 0.15) is 42.5 Å². The van der Waals surface area contributed by atoms with Gasteiger partial charge in [0.05, 0.1) is 4.90 Å². The van der Waals surface area contributed by atoms with Crippen molar-refractivity contribution in [1.82, 2.24) is 5.32 Å². The second kappa shape index (κ2) is 7.83. The fraction of sp³-hybridized carbons (Fsp3) is 0.381. The van der Waals surface area contributed by atoms with Crippen molar-refractivity contribution >= 4 is 27.3 Å². The Hall–Kier alpha value is -2.54. The maximum Gasteiger partial charge on any atom is 0.261 e. The number of benzene rings is 2. The Labute approximate surface area is 166 Å². The summed E-state index contributed by atoms with van der Waals surface area (Å²) in [6, 6.07) is 13.8. The Balaban J connectivity index is 1.42. The van der Waals surface area contributed by atoms with Gasteiger partial charge in [-0.3, -0.25) is 9.52 Å². The number of sulfonamides is 1. The summed E-state index contributed by atoms with van der Waals surface area (Å²) >= 11 is 0. The van der Waals surface area contributed by atoms with Gasteiger partial charge in [-0.25, -0.2) is 8.42 Å². The van der Waals surface area contributed by atoms with Gasteiger partial charge in [-0.15, -0.1) is 0 Å². The summed E-state index contributed by atoms with van der Waals surface area (Å²) < 4.78 is 27.9. The third-order valence-corrected chi connectivity index (χ3v) is 6.58. The number of hydrogen-bond donors (Lipinski definition) is 2. The number of anilines is 2. The van der Waals surface area contributed by atoms with Crippen LogP contribution in [-0.4, -0.2) is 33.5 Å². The van der Waals surface area contributed by atoms with E-state index >= 15 is 0 Å². The third-order valence-electron chi connectivity index (χ3n) is 5.18. The second-order valence-electron chi connectivity index (χ2n) is 7.47. The van der Waals surface area contributed by atoms with Crippen LogP contribution in [0.2, 0.25) is 0 Å². The number of carbonyl (C=O) groups is 1. The summed E-state index contributed by atoms with van der Waals surface area (Å²) in [4.78, 5) is 14.5. The van der Waals surface area contributed by atoms with E-state index in [1.807, 2.05) is 12.1 Å². The minimum atomic E-state index is -3.70. The molecule has 0 atom stereocenters. The van der Waals surface area contributed by atoms with Gasteiger partial charge in [0.1, 0.15) is 0 Å². The average molecular weight is 400 g/mol. The molecule has 1 heterocycles. The summed E-state index contributed by atoms with van der Waals surface area (Å²) in [5.41, 5.74) is 2.11. The van der Waals surface area contributed by atoms with Crippen molar-refractivity contribution in [2.24, 2.45) is 0 Å². The van der Waals surface area contributed by atoms with Crippen molar-refractivity contribution in [3.8, 4) is 0 Å². The number of piperidine rings is 1. The summed E-state index contributed by atoms with van der Waals surface area (Å²) in [6.07, 6.45) is 5.69. The number of hydrogen-bond acceptors (Lipinski definition) is 4. The summed E-state index contributed by atoms with van der Waals surface area (Å²) in [6.45, 7) is 2.09. The molecule has 1 amide bonds. The number of nitrogens with zero attached hydrogens (tertiary/aromatic N) is 1. The fourth-order valence-corrected chi connectivity index (χ4v) is 4.45. The highest BCUT2D eigenvalue weighted by atomic mass is 32.2. The van der Waals surface area contributed by atoms with Gasteiger partial charge in [0, 0.05) is 36.1 Å². The van der Waals surface area contributed by atoms with Gasteiger partial charge in [-0.1, -0.05) is 0 Å². The van der Waals surface area contributed by atoms with Crippen LogP contribution in [0.15, 0.2) is 53.4 Å². The van der Waals surface area contributed by atoms with E-state index in [-0.39, 0.29) is 16.8 Å². The Morgan fingerprint density at radius 2 is 1.54 bits per heavy atom. The van der Waals surface area contributed by atoms with Crippen molar-refractivity contribution in [1.29, 1.82) is 0 Å². The lowest BCUT2D eigenvalue weighted by molar-refractivity contribution is 0.0951. The van der Waals surface area contributed by atoms with Gasteiger partial charge in [-0.2, -0.15) is 0 Å². The normalized spacial score (nSPS) is 17.2. The third kappa shape index (κ3) is 4.47. The Morgan fingerprint density at radius 1 is 0.893 bits per heavy atom. The number of carbonyl (C=O) groups excluding carboxylic acids is 1. The van der Waals surface area contributed by atoms with Crippen molar-refractivity contribution in [3.63, 3.8) is 0 Å². The van der Waals surface area contributed by atoms with Crippen LogP contribution in [0, 0.1) is 0 Å². The smallest absolute Gasteiger partial charge is 0.261 e. The van der Waals surface area contributed by atoms with E-state index in [0.717, 1.165) is 31.6 Å². The highest BCUT2D eigenvalue weighted by Gasteiger charge is 2.24. The lowest BCUT2D eigenvalue weighted by Crippen LogP contribution is -2.29. The van der Waals surface area contributed by atoms with Gasteiger partial charge in [0.15, 0.2) is 0 Å². The van der Waals surface area contributed by atoms with Gasteiger partial charge in [0.25, 0.3) is 15.9 Å². The van der Waals surface area contributed by atoms with Crippen LogP contribution in [0.25, 0.3) is 0 Å². The van der Waals surface area contributed by atoms with Gasteiger partial charge < -0.3 is 10.2 Å². The first-order chi connectivity index (χ1) is 13.5. The molecule has 6 nitrogen and oxygen atoms in total. The van der Waals surface area contributed by atoms with Crippen molar-refractivity contribution < 1.29 is 13.2 Å². The highest BCUT2D eigenvalue weighted by Crippen LogP contribution is 2.24. The predicted octanol–water partition coefficient (Wildman–Crippen LogP) is 3.37. The first-order valence-electron chi connectivity index (χ1n) is 9.80. The molecule has 148 valence electrons. The summed E-state index contributed by atoms with van der Waals surface area (Å²) in [5, 5.41) is 2.89. The standard InChI is InChI=1S/C21H25N3O3S/c25-21(22-17-6-7-17)16-4-12-20(13-5-16)28(26,27)23-18-8-10-19(11-9-18)24-14-2-1-3-15-24/h4-5,8-13,17,23H,1-3,6-7,14-15H2,(H,22,25). The molecule has 0 unspecified atom stereocenters. The molecule has 0 radical (unpaired) electrons. The van der Waals surface area contributed by atoms with Crippen LogP contribution in [0.3, 0.4) is 0 Å². The Bertz CT molecular complexity index is 930. The van der Waals surface area contributed by atoms with E-state index in [4.69, 9.17) is 0 Å². The number of nitrogens with one attached hydrogen (secondary N) is 2. The van der Waals surface area contributed by atoms with Crippen LogP contribution in [0.5, 0.6) is 0 Å². The Kier molecular flexibility index (Phi) is 5.26. The largest absolute Gasteiger partial charge is 0.372 e. The molecule has 2 aromatic carbocycles. The van der Waals surface area contributed by atoms with Crippen LogP contribution >= 0.6 is 0 Å². The molecule has 2 fully saturated rings. The molecule has 2 aromatic rings. The van der Waals surface area contributed by atoms with Crippen molar-refractivity contribution in [3.05, 3.63) is 54.1 Å². The monoisotopic (exact) mass is 399 g/mol. The van der Waals surface area contributed by atoms with E-state index in [2.05, 4.69) is 14.9 Å². The molecule has 4 rings (SSSR count). The fourth-order valence-electron chi connectivity index (χ4n) is 3.39. The molecule has 1 saturated heterocycles. The van der Waals surface area contributed by atoms with E-state index < -0.39 is 10.0 Å². The molecule has 1 saturated carbocycles. The van der Waals surface area contributed by atoms with E-state index in [1.165, 1.54) is 31.4 Å². The topological polar surface area (TPSA) is 78.5 Å². The van der Waals surface area contributed by atoms with Gasteiger partial charge in [0.2, 0.25) is 0 Å². The zero-order chi connectivity index (χ0) is 19.6. The SMILES string of the molecule is O=C(NC1CC1)c1ccc(S(=O)(=O)Nc2ccc(N3CCCCC3)cc2)cc1. The zero-order valence-corrected chi connectivity index (χ0v) is 16.5. The molecule has 1 aliphatic heterocycles. The molecular weight excluding hydrogens is 374 g/mol.